The van der Waals surface area contributed by atoms with Gasteiger partial charge in [-0.3, -0.25) is 14.2 Å². The third-order valence-electron chi connectivity index (χ3n) is 7.84. The van der Waals surface area contributed by atoms with Gasteiger partial charge < -0.3 is 16.2 Å². The molecule has 1 aliphatic rings. The number of carbonyl (C=O) groups is 2. The van der Waals surface area contributed by atoms with E-state index in [1.807, 2.05) is 54.0 Å². The van der Waals surface area contributed by atoms with Crippen LogP contribution in [0, 0.1) is 18.8 Å². The Morgan fingerprint density at radius 1 is 0.902 bits per heavy atom. The summed E-state index contributed by atoms with van der Waals surface area (Å²) in [6.07, 6.45) is 3.79. The summed E-state index contributed by atoms with van der Waals surface area (Å²) in [5.74, 6) is -0.0266. The van der Waals surface area contributed by atoms with E-state index in [1.165, 1.54) is 0 Å². The summed E-state index contributed by atoms with van der Waals surface area (Å²) in [5.41, 5.74) is 12.3. The van der Waals surface area contributed by atoms with Gasteiger partial charge >= 0.3 is 5.97 Å². The molecule has 0 unspecified atom stereocenters. The molecule has 9 nitrogen and oxygen atoms in total. The lowest BCUT2D eigenvalue weighted by Gasteiger charge is -2.25. The number of aromatic nitrogens is 4. The van der Waals surface area contributed by atoms with E-state index in [2.05, 4.69) is 34.6 Å². The first-order valence-corrected chi connectivity index (χ1v) is 13.7. The van der Waals surface area contributed by atoms with Crippen molar-refractivity contribution >= 4 is 34.5 Å². The van der Waals surface area contributed by atoms with E-state index in [4.69, 9.17) is 15.7 Å². The molecule has 6 rings (SSSR count). The lowest BCUT2D eigenvalue weighted by molar-refractivity contribution is -0.143. The predicted octanol–water partition coefficient (Wildman–Crippen LogP) is 5.87. The Labute approximate surface area is 237 Å². The van der Waals surface area contributed by atoms with Crippen LogP contribution in [0.25, 0.3) is 39.2 Å². The maximum atomic E-state index is 13.0. The Hall–Kier alpha value is -5.05. The number of nitrogens with one attached hydrogen (secondary N) is 1. The highest BCUT2D eigenvalue weighted by Gasteiger charge is 2.30. The van der Waals surface area contributed by atoms with Gasteiger partial charge in [-0.2, -0.15) is 0 Å². The van der Waals surface area contributed by atoms with Crippen LogP contribution in [0.5, 0.6) is 0 Å². The van der Waals surface area contributed by atoms with Gasteiger partial charge in [-0.25, -0.2) is 15.0 Å². The van der Waals surface area contributed by atoms with Crippen LogP contribution in [0.2, 0.25) is 0 Å². The van der Waals surface area contributed by atoms with Crippen LogP contribution < -0.4 is 11.1 Å². The van der Waals surface area contributed by atoms with E-state index in [0.29, 0.717) is 54.4 Å². The molecule has 9 heteroatoms. The molecule has 5 aromatic rings. The van der Waals surface area contributed by atoms with Crippen molar-refractivity contribution in [2.45, 2.75) is 32.6 Å². The molecular formula is C32H30N6O3. The molecule has 4 N–H and O–H groups in total. The number of fused-ring (bicyclic) bond motifs is 1. The Morgan fingerprint density at radius 2 is 1.66 bits per heavy atom. The number of carboxylic acid groups (broad SMARTS) is 1. The van der Waals surface area contributed by atoms with E-state index in [1.54, 1.807) is 12.3 Å². The molecule has 0 radical (unpaired) electrons. The number of pyridine rings is 2. The fourth-order valence-corrected chi connectivity index (χ4v) is 5.61. The van der Waals surface area contributed by atoms with E-state index in [0.717, 1.165) is 27.8 Å². The molecular weight excluding hydrogens is 516 g/mol. The number of imidazole rings is 1. The van der Waals surface area contributed by atoms with Crippen LogP contribution in [0.15, 0.2) is 79.0 Å². The average molecular weight is 547 g/mol. The van der Waals surface area contributed by atoms with Crippen molar-refractivity contribution in [1.29, 1.82) is 0 Å². The molecule has 3 aromatic heterocycles. The van der Waals surface area contributed by atoms with Crippen molar-refractivity contribution in [2.75, 3.05) is 11.1 Å². The number of nitrogens with zero attached hydrogens (tertiary/aromatic N) is 4. The molecule has 1 amide bonds. The zero-order chi connectivity index (χ0) is 28.5. The van der Waals surface area contributed by atoms with Crippen LogP contribution >= 0.6 is 0 Å². The molecule has 206 valence electrons. The second kappa shape index (κ2) is 10.8. The second-order valence-corrected chi connectivity index (χ2v) is 10.5. The van der Waals surface area contributed by atoms with Gasteiger partial charge in [-0.1, -0.05) is 36.4 Å². The summed E-state index contributed by atoms with van der Waals surface area (Å²) in [5, 5.41) is 12.2. The van der Waals surface area contributed by atoms with Gasteiger partial charge in [0.05, 0.1) is 33.9 Å². The Balaban J connectivity index is 1.38. The summed E-state index contributed by atoms with van der Waals surface area (Å²) in [6, 6.07) is 23.8. The normalized spacial score (nSPS) is 16.9. The average Bonchev–Trinajstić information content (AvgIpc) is 3.36. The first-order valence-electron chi connectivity index (χ1n) is 13.7. The van der Waals surface area contributed by atoms with Crippen molar-refractivity contribution in [3.8, 4) is 28.2 Å². The molecule has 0 atom stereocenters. The van der Waals surface area contributed by atoms with E-state index < -0.39 is 5.97 Å². The van der Waals surface area contributed by atoms with E-state index >= 15 is 0 Å². The highest BCUT2D eigenvalue weighted by molar-refractivity contribution is 5.92. The molecule has 2 aromatic carbocycles. The number of carbonyl (C=O) groups excluding carboxylic acids is 1. The van der Waals surface area contributed by atoms with Crippen molar-refractivity contribution in [3.05, 3.63) is 84.7 Å². The van der Waals surface area contributed by atoms with Gasteiger partial charge in [-0.15, -0.1) is 0 Å². The van der Waals surface area contributed by atoms with Crippen LogP contribution in [-0.2, 0) is 9.59 Å². The summed E-state index contributed by atoms with van der Waals surface area (Å²) in [6.45, 7) is 1.90. The Morgan fingerprint density at radius 3 is 2.37 bits per heavy atom. The van der Waals surface area contributed by atoms with Gasteiger partial charge in [0, 0.05) is 12.1 Å². The number of aryl methyl sites for hydroxylation is 1. The van der Waals surface area contributed by atoms with Crippen molar-refractivity contribution < 1.29 is 14.7 Å². The number of benzene rings is 2. The standard InChI is InChI=1S/C32H30N6O3/c1-19-26(15-16-28(35-19)37-31(39)21-9-11-22(12-10-21)32(40)41)38-27-18-23(20-6-3-2-4-7-20)13-14-25(27)36-30(38)24-8-5-17-34-29(24)33/h2-8,13-18,21-22H,9-12H2,1H3,(H2,33,34)(H,40,41)(H,35,37,39). The zero-order valence-corrected chi connectivity index (χ0v) is 22.6. The highest BCUT2D eigenvalue weighted by Crippen LogP contribution is 2.35. The maximum absolute atomic E-state index is 13.0. The van der Waals surface area contributed by atoms with Crippen molar-refractivity contribution in [1.82, 2.24) is 19.5 Å². The highest BCUT2D eigenvalue weighted by atomic mass is 16.4. The minimum absolute atomic E-state index is 0.127. The van der Waals surface area contributed by atoms with Crippen LogP contribution in [0.4, 0.5) is 11.6 Å². The minimum atomic E-state index is -0.785. The molecule has 1 fully saturated rings. The summed E-state index contributed by atoms with van der Waals surface area (Å²) in [7, 11) is 0. The number of anilines is 2. The smallest absolute Gasteiger partial charge is 0.306 e. The Kier molecular flexibility index (Phi) is 6.93. The Bertz CT molecular complexity index is 1760. The number of amides is 1. The SMILES string of the molecule is Cc1nc(NC(=O)C2CCC(C(=O)O)CC2)ccc1-n1c(-c2cccnc2N)nc2ccc(-c3ccccc3)cc21. The number of rotatable bonds is 6. The van der Waals surface area contributed by atoms with Crippen molar-refractivity contribution in [2.24, 2.45) is 11.8 Å². The number of nitrogens with two attached hydrogens (primary N) is 1. The van der Waals surface area contributed by atoms with Crippen molar-refractivity contribution in [3.63, 3.8) is 0 Å². The van der Waals surface area contributed by atoms with Gasteiger partial charge in [0.1, 0.15) is 17.5 Å². The molecule has 0 bridgehead atoms. The molecule has 1 saturated carbocycles. The van der Waals surface area contributed by atoms with Crippen LogP contribution in [0.3, 0.4) is 0 Å². The fraction of sp³-hybridized carbons (Fsp3) is 0.219. The number of hydrogen-bond acceptors (Lipinski definition) is 6. The second-order valence-electron chi connectivity index (χ2n) is 10.5. The quantitative estimate of drug-likeness (QED) is 0.242. The number of hydrogen-bond donors (Lipinski definition) is 3. The number of aliphatic carboxylic acids is 1. The topological polar surface area (TPSA) is 136 Å². The summed E-state index contributed by atoms with van der Waals surface area (Å²) < 4.78 is 2.04. The molecule has 3 heterocycles. The lowest BCUT2D eigenvalue weighted by Crippen LogP contribution is -2.29. The van der Waals surface area contributed by atoms with Gasteiger partial charge in [0.15, 0.2) is 0 Å². The van der Waals surface area contributed by atoms with Gasteiger partial charge in [0.2, 0.25) is 5.91 Å². The predicted molar refractivity (Wildman–Crippen MR) is 158 cm³/mol. The molecule has 0 aliphatic heterocycles. The monoisotopic (exact) mass is 546 g/mol. The number of nitrogen functional groups attached to an aromatic ring is 1. The van der Waals surface area contributed by atoms with E-state index in [9.17, 15) is 14.7 Å². The largest absolute Gasteiger partial charge is 0.481 e. The molecule has 0 spiro atoms. The lowest BCUT2D eigenvalue weighted by atomic mass is 9.81. The van der Waals surface area contributed by atoms with Crippen LogP contribution in [0.1, 0.15) is 31.4 Å². The molecule has 0 saturated heterocycles. The first kappa shape index (κ1) is 26.2. The minimum Gasteiger partial charge on any atom is -0.481 e. The summed E-state index contributed by atoms with van der Waals surface area (Å²) >= 11 is 0. The number of carboxylic acids is 1. The first-order chi connectivity index (χ1) is 19.9. The maximum Gasteiger partial charge on any atom is 0.306 e. The molecule has 1 aliphatic carbocycles. The van der Waals surface area contributed by atoms with Gasteiger partial charge in [-0.05, 0) is 80.1 Å². The van der Waals surface area contributed by atoms with Gasteiger partial charge in [0.25, 0.3) is 0 Å². The third kappa shape index (κ3) is 5.14. The molecule has 41 heavy (non-hydrogen) atoms. The van der Waals surface area contributed by atoms with E-state index in [-0.39, 0.29) is 17.7 Å². The third-order valence-corrected chi connectivity index (χ3v) is 7.84. The zero-order valence-electron chi connectivity index (χ0n) is 22.6. The van der Waals surface area contributed by atoms with Crippen LogP contribution in [-0.4, -0.2) is 36.5 Å². The summed E-state index contributed by atoms with van der Waals surface area (Å²) in [4.78, 5) is 38.2. The fourth-order valence-electron chi connectivity index (χ4n) is 5.61.